The molecular formula is C15H19N3. The molecule has 0 amide bonds. The van der Waals surface area contributed by atoms with Crippen molar-refractivity contribution < 1.29 is 0 Å². The van der Waals surface area contributed by atoms with Crippen LogP contribution in [0.15, 0.2) is 42.7 Å². The number of benzene rings is 1. The van der Waals surface area contributed by atoms with Crippen molar-refractivity contribution in [3.8, 4) is 0 Å². The molecule has 0 atom stereocenters. The third-order valence-corrected chi connectivity index (χ3v) is 3.68. The fourth-order valence-electron chi connectivity index (χ4n) is 2.27. The van der Waals surface area contributed by atoms with Crippen LogP contribution in [-0.4, -0.2) is 16.3 Å². The van der Waals surface area contributed by atoms with Crippen molar-refractivity contribution in [2.24, 2.45) is 5.92 Å². The number of hydrogen-bond acceptors (Lipinski definition) is 2. The Labute approximate surface area is 108 Å². The van der Waals surface area contributed by atoms with Crippen LogP contribution in [0.3, 0.4) is 0 Å². The quantitative estimate of drug-likeness (QED) is 0.871. The molecule has 1 heterocycles. The molecule has 3 nitrogen and oxygen atoms in total. The maximum Gasteiger partial charge on any atom is 0.0659 e. The molecule has 1 aliphatic rings. The zero-order valence-corrected chi connectivity index (χ0v) is 10.5. The summed E-state index contributed by atoms with van der Waals surface area (Å²) in [7, 11) is 0. The number of nitrogens with one attached hydrogen (secondary N) is 1. The highest BCUT2D eigenvalue weighted by atomic mass is 15.3. The third-order valence-electron chi connectivity index (χ3n) is 3.68. The normalized spacial score (nSPS) is 15.3. The van der Waals surface area contributed by atoms with Gasteiger partial charge in [0.1, 0.15) is 0 Å². The van der Waals surface area contributed by atoms with Gasteiger partial charge in [0.2, 0.25) is 0 Å². The van der Waals surface area contributed by atoms with Gasteiger partial charge in [-0.3, -0.25) is 4.68 Å². The molecule has 94 valence electrons. The summed E-state index contributed by atoms with van der Waals surface area (Å²) in [6.45, 7) is 1.97. The molecule has 1 saturated carbocycles. The minimum Gasteiger partial charge on any atom is -0.385 e. The number of aromatic nitrogens is 2. The van der Waals surface area contributed by atoms with Crippen LogP contribution < -0.4 is 5.32 Å². The van der Waals surface area contributed by atoms with Crippen LogP contribution in [0.1, 0.15) is 24.8 Å². The van der Waals surface area contributed by atoms with E-state index in [0.29, 0.717) is 0 Å². The zero-order chi connectivity index (χ0) is 12.2. The Kier molecular flexibility index (Phi) is 3.31. The van der Waals surface area contributed by atoms with Crippen molar-refractivity contribution in [2.45, 2.75) is 25.8 Å². The van der Waals surface area contributed by atoms with Gasteiger partial charge in [-0.1, -0.05) is 18.6 Å². The lowest BCUT2D eigenvalue weighted by molar-refractivity contribution is 0.333. The molecule has 3 rings (SSSR count). The van der Waals surface area contributed by atoms with E-state index in [4.69, 9.17) is 0 Å². The second kappa shape index (κ2) is 5.25. The Bertz CT molecular complexity index is 469. The van der Waals surface area contributed by atoms with Crippen LogP contribution in [0, 0.1) is 5.92 Å². The van der Waals surface area contributed by atoms with E-state index in [0.717, 1.165) is 19.0 Å². The Hall–Kier alpha value is -1.77. The maximum atomic E-state index is 4.21. The third kappa shape index (κ3) is 2.73. The van der Waals surface area contributed by atoms with Crippen LogP contribution in [-0.2, 0) is 6.54 Å². The molecule has 0 unspecified atom stereocenters. The van der Waals surface area contributed by atoms with Gasteiger partial charge in [0.15, 0.2) is 0 Å². The predicted octanol–water partition coefficient (Wildman–Crippen LogP) is 3.14. The summed E-state index contributed by atoms with van der Waals surface area (Å²) in [6, 6.07) is 10.6. The Morgan fingerprint density at radius 2 is 2.06 bits per heavy atom. The van der Waals surface area contributed by atoms with Crippen LogP contribution in [0.5, 0.6) is 0 Å². The molecule has 1 N–H and O–H groups in total. The highest BCUT2D eigenvalue weighted by molar-refractivity contribution is 5.44. The van der Waals surface area contributed by atoms with Gasteiger partial charge in [0, 0.05) is 24.6 Å². The summed E-state index contributed by atoms with van der Waals surface area (Å²) in [5, 5.41) is 7.72. The largest absolute Gasteiger partial charge is 0.385 e. The van der Waals surface area contributed by atoms with E-state index < -0.39 is 0 Å². The lowest BCUT2D eigenvalue weighted by atomic mass is 9.85. The summed E-state index contributed by atoms with van der Waals surface area (Å²) in [5.41, 5.74) is 2.51. The molecule has 0 spiro atoms. The van der Waals surface area contributed by atoms with Gasteiger partial charge < -0.3 is 5.32 Å². The molecule has 1 fully saturated rings. The van der Waals surface area contributed by atoms with Crippen molar-refractivity contribution in [3.05, 3.63) is 48.3 Å². The highest BCUT2D eigenvalue weighted by Crippen LogP contribution is 2.26. The number of nitrogens with zero attached hydrogens (tertiary/aromatic N) is 2. The van der Waals surface area contributed by atoms with E-state index in [9.17, 15) is 0 Å². The van der Waals surface area contributed by atoms with Gasteiger partial charge >= 0.3 is 0 Å². The molecule has 0 saturated heterocycles. The van der Waals surface area contributed by atoms with Crippen molar-refractivity contribution in [2.75, 3.05) is 11.9 Å². The molecule has 1 aromatic carbocycles. The van der Waals surface area contributed by atoms with Crippen LogP contribution in [0.2, 0.25) is 0 Å². The Morgan fingerprint density at radius 3 is 2.67 bits per heavy atom. The van der Waals surface area contributed by atoms with E-state index >= 15 is 0 Å². The summed E-state index contributed by atoms with van der Waals surface area (Å²) in [4.78, 5) is 0. The first-order valence-corrected chi connectivity index (χ1v) is 6.70. The summed E-state index contributed by atoms with van der Waals surface area (Å²) < 4.78 is 1.94. The fraction of sp³-hybridized carbons (Fsp3) is 0.400. The zero-order valence-electron chi connectivity index (χ0n) is 10.5. The van der Waals surface area contributed by atoms with E-state index in [-0.39, 0.29) is 0 Å². The van der Waals surface area contributed by atoms with Crippen molar-refractivity contribution in [3.63, 3.8) is 0 Å². The van der Waals surface area contributed by atoms with Crippen LogP contribution >= 0.6 is 0 Å². The predicted molar refractivity (Wildman–Crippen MR) is 73.6 cm³/mol. The van der Waals surface area contributed by atoms with Crippen LogP contribution in [0.25, 0.3) is 0 Å². The van der Waals surface area contributed by atoms with E-state index in [1.807, 2.05) is 23.1 Å². The topological polar surface area (TPSA) is 29.9 Å². The average Bonchev–Trinajstić information content (AvgIpc) is 2.82. The molecule has 1 aromatic heterocycles. The fourth-order valence-corrected chi connectivity index (χ4v) is 2.27. The molecule has 0 aliphatic heterocycles. The molecule has 0 bridgehead atoms. The van der Waals surface area contributed by atoms with E-state index in [1.54, 1.807) is 0 Å². The monoisotopic (exact) mass is 241 g/mol. The Balaban J connectivity index is 1.54. The minimum absolute atomic E-state index is 0.843. The second-order valence-electron chi connectivity index (χ2n) is 5.08. The first kappa shape index (κ1) is 11.3. The van der Waals surface area contributed by atoms with Gasteiger partial charge in [-0.05, 0) is 42.5 Å². The van der Waals surface area contributed by atoms with Crippen molar-refractivity contribution in [1.82, 2.24) is 9.78 Å². The molecule has 1 aliphatic carbocycles. The number of rotatable bonds is 5. The molecular weight excluding hydrogens is 222 g/mol. The first-order chi connectivity index (χ1) is 8.90. The molecule has 18 heavy (non-hydrogen) atoms. The summed E-state index contributed by atoms with van der Waals surface area (Å²) >= 11 is 0. The highest BCUT2D eigenvalue weighted by Gasteiger charge is 2.16. The van der Waals surface area contributed by atoms with Gasteiger partial charge in [0.25, 0.3) is 0 Å². The SMILES string of the molecule is c1cnn(Cc2ccc(NCC3CCC3)cc2)c1. The van der Waals surface area contributed by atoms with Crippen molar-refractivity contribution in [1.29, 1.82) is 0 Å². The van der Waals surface area contributed by atoms with Gasteiger partial charge in [0.05, 0.1) is 6.54 Å². The smallest absolute Gasteiger partial charge is 0.0659 e. The average molecular weight is 241 g/mol. The van der Waals surface area contributed by atoms with Gasteiger partial charge in [-0.2, -0.15) is 5.10 Å². The van der Waals surface area contributed by atoms with Crippen LogP contribution in [0.4, 0.5) is 5.69 Å². The molecule has 0 radical (unpaired) electrons. The van der Waals surface area contributed by atoms with Crippen molar-refractivity contribution >= 4 is 5.69 Å². The van der Waals surface area contributed by atoms with E-state index in [1.165, 1.54) is 30.5 Å². The molecule has 3 heteroatoms. The number of anilines is 1. The maximum absolute atomic E-state index is 4.21. The summed E-state index contributed by atoms with van der Waals surface area (Å²) in [6.07, 6.45) is 8.00. The molecule has 2 aromatic rings. The summed E-state index contributed by atoms with van der Waals surface area (Å²) in [5.74, 6) is 0.897. The Morgan fingerprint density at radius 1 is 1.22 bits per heavy atom. The van der Waals surface area contributed by atoms with Gasteiger partial charge in [-0.15, -0.1) is 0 Å². The second-order valence-corrected chi connectivity index (χ2v) is 5.08. The standard InChI is InChI=1S/C15H19N3/c1-3-13(4-1)11-16-15-7-5-14(6-8-15)12-18-10-2-9-17-18/h2,5-10,13,16H,1,3-4,11-12H2. The first-order valence-electron chi connectivity index (χ1n) is 6.70. The van der Waals surface area contributed by atoms with Gasteiger partial charge in [-0.25, -0.2) is 0 Å². The number of hydrogen-bond donors (Lipinski definition) is 1. The van der Waals surface area contributed by atoms with E-state index in [2.05, 4.69) is 34.7 Å². The lowest BCUT2D eigenvalue weighted by Gasteiger charge is -2.25. The lowest BCUT2D eigenvalue weighted by Crippen LogP contribution is -2.20. The minimum atomic E-state index is 0.843.